The van der Waals surface area contributed by atoms with Crippen LogP contribution in [0.25, 0.3) is 0 Å². The molecule has 2 fully saturated rings. The zero-order valence-electron chi connectivity index (χ0n) is 19.4. The third-order valence-electron chi connectivity index (χ3n) is 7.38. The Balaban J connectivity index is 1.23. The predicted octanol–water partition coefficient (Wildman–Crippen LogP) is 4.93. The lowest BCUT2D eigenvalue weighted by Gasteiger charge is -2.40. The number of hydrogen-bond donors (Lipinski definition) is 3. The third-order valence-corrected chi connectivity index (χ3v) is 7.38. The zero-order valence-corrected chi connectivity index (χ0v) is 19.4. The van der Waals surface area contributed by atoms with Gasteiger partial charge in [0.25, 0.3) is 0 Å². The van der Waals surface area contributed by atoms with E-state index in [1.807, 2.05) is 24.3 Å². The van der Waals surface area contributed by atoms with Gasteiger partial charge in [-0.05, 0) is 62.3 Å². The van der Waals surface area contributed by atoms with E-state index in [4.69, 9.17) is 4.74 Å². The number of benzene rings is 2. The van der Waals surface area contributed by atoms with Crippen LogP contribution >= 0.6 is 0 Å². The van der Waals surface area contributed by atoms with Crippen molar-refractivity contribution in [1.29, 1.82) is 0 Å². The molecule has 0 aromatic heterocycles. The van der Waals surface area contributed by atoms with Crippen LogP contribution in [-0.2, 0) is 11.3 Å². The van der Waals surface area contributed by atoms with Crippen LogP contribution in [0.1, 0.15) is 68.5 Å². The molecular formula is C27H34N4O2. The number of fused-ring (bicyclic) bond motifs is 1. The van der Waals surface area contributed by atoms with Crippen molar-refractivity contribution in [2.24, 2.45) is 10.9 Å². The summed E-state index contributed by atoms with van der Waals surface area (Å²) in [6.07, 6.45) is 8.82. The number of nitrogens with one attached hydrogen (secondary N) is 3. The van der Waals surface area contributed by atoms with E-state index < -0.39 is 0 Å². The van der Waals surface area contributed by atoms with Crippen LogP contribution in [0.4, 0.5) is 5.69 Å². The summed E-state index contributed by atoms with van der Waals surface area (Å²) in [7, 11) is 1.81. The number of anilines is 1. The SMILES string of the molecule is CN=C(NCc1cccc(NC(=O)C2CCC2)c1)NC1CC2(CCCC2)Oc2ccccc21. The number of ether oxygens (including phenoxy) is 1. The third kappa shape index (κ3) is 4.85. The molecule has 1 spiro atoms. The van der Waals surface area contributed by atoms with E-state index in [-0.39, 0.29) is 23.5 Å². The second-order valence-corrected chi connectivity index (χ2v) is 9.67. The van der Waals surface area contributed by atoms with Crippen molar-refractivity contribution in [3.63, 3.8) is 0 Å². The van der Waals surface area contributed by atoms with E-state index in [0.717, 1.165) is 61.5 Å². The smallest absolute Gasteiger partial charge is 0.227 e. The number of hydrogen-bond acceptors (Lipinski definition) is 3. The minimum atomic E-state index is -0.0577. The van der Waals surface area contributed by atoms with E-state index in [1.54, 1.807) is 7.05 Å². The zero-order chi connectivity index (χ0) is 22.7. The molecular weight excluding hydrogens is 412 g/mol. The van der Waals surface area contributed by atoms with Crippen LogP contribution in [0.5, 0.6) is 5.75 Å². The normalized spacial score (nSPS) is 21.6. The van der Waals surface area contributed by atoms with Gasteiger partial charge in [-0.15, -0.1) is 0 Å². The quantitative estimate of drug-likeness (QED) is 0.450. The van der Waals surface area contributed by atoms with Gasteiger partial charge in [0.05, 0.1) is 6.04 Å². The molecule has 2 aromatic rings. The molecule has 0 saturated heterocycles. The van der Waals surface area contributed by atoms with Crippen molar-refractivity contribution in [2.45, 2.75) is 69.6 Å². The molecule has 0 radical (unpaired) electrons. The Bertz CT molecular complexity index is 1020. The van der Waals surface area contributed by atoms with Crippen molar-refractivity contribution in [3.05, 3.63) is 59.7 Å². The van der Waals surface area contributed by atoms with E-state index in [1.165, 1.54) is 18.4 Å². The first-order valence-electron chi connectivity index (χ1n) is 12.3. The molecule has 174 valence electrons. The number of rotatable bonds is 5. The van der Waals surface area contributed by atoms with Crippen molar-refractivity contribution < 1.29 is 9.53 Å². The molecule has 1 heterocycles. The highest BCUT2D eigenvalue weighted by Crippen LogP contribution is 2.46. The maximum absolute atomic E-state index is 12.3. The summed E-state index contributed by atoms with van der Waals surface area (Å²) in [5, 5.41) is 10.2. The lowest BCUT2D eigenvalue weighted by molar-refractivity contribution is -0.122. The van der Waals surface area contributed by atoms with Crippen molar-refractivity contribution in [2.75, 3.05) is 12.4 Å². The van der Waals surface area contributed by atoms with Gasteiger partial charge in [0.2, 0.25) is 5.91 Å². The maximum atomic E-state index is 12.3. The number of guanidine groups is 1. The second kappa shape index (κ2) is 9.46. The van der Waals surface area contributed by atoms with Gasteiger partial charge in [-0.3, -0.25) is 9.79 Å². The predicted molar refractivity (Wildman–Crippen MR) is 131 cm³/mol. The van der Waals surface area contributed by atoms with E-state index >= 15 is 0 Å². The largest absolute Gasteiger partial charge is 0.487 e. The Hall–Kier alpha value is -3.02. The number of carbonyl (C=O) groups excluding carboxylic acids is 1. The molecule has 6 nitrogen and oxygen atoms in total. The molecule has 1 unspecified atom stereocenters. The molecule has 1 atom stereocenters. The van der Waals surface area contributed by atoms with Crippen molar-refractivity contribution >= 4 is 17.6 Å². The van der Waals surface area contributed by atoms with Gasteiger partial charge in [-0.25, -0.2) is 0 Å². The summed E-state index contributed by atoms with van der Waals surface area (Å²) in [5.74, 6) is 2.09. The monoisotopic (exact) mass is 446 g/mol. The minimum Gasteiger partial charge on any atom is -0.487 e. The average molecular weight is 447 g/mol. The fourth-order valence-electron chi connectivity index (χ4n) is 5.29. The Morgan fingerprint density at radius 1 is 1.09 bits per heavy atom. The fourth-order valence-corrected chi connectivity index (χ4v) is 5.29. The first kappa shape index (κ1) is 21.8. The molecule has 0 bridgehead atoms. The first-order valence-corrected chi connectivity index (χ1v) is 12.3. The molecule has 2 aliphatic carbocycles. The number of amides is 1. The molecule has 3 aliphatic rings. The lowest BCUT2D eigenvalue weighted by atomic mass is 9.85. The Morgan fingerprint density at radius 2 is 1.91 bits per heavy atom. The van der Waals surface area contributed by atoms with Crippen LogP contribution < -0.4 is 20.7 Å². The Morgan fingerprint density at radius 3 is 2.67 bits per heavy atom. The summed E-state index contributed by atoms with van der Waals surface area (Å²) in [6.45, 7) is 0.628. The molecule has 2 saturated carbocycles. The fraction of sp³-hybridized carbons (Fsp3) is 0.481. The lowest BCUT2D eigenvalue weighted by Crippen LogP contribution is -2.46. The highest BCUT2D eigenvalue weighted by Gasteiger charge is 2.43. The van der Waals surface area contributed by atoms with E-state index in [2.05, 4.69) is 45.2 Å². The van der Waals surface area contributed by atoms with Crippen LogP contribution in [0.2, 0.25) is 0 Å². The first-order chi connectivity index (χ1) is 16.1. The summed E-state index contributed by atoms with van der Waals surface area (Å²) in [5.41, 5.74) is 3.09. The van der Waals surface area contributed by atoms with Gasteiger partial charge < -0.3 is 20.7 Å². The number of nitrogens with zero attached hydrogens (tertiary/aromatic N) is 1. The van der Waals surface area contributed by atoms with Crippen LogP contribution in [0.15, 0.2) is 53.5 Å². The van der Waals surface area contributed by atoms with Gasteiger partial charge in [0, 0.05) is 37.2 Å². The van der Waals surface area contributed by atoms with Crippen LogP contribution in [0.3, 0.4) is 0 Å². The van der Waals surface area contributed by atoms with E-state index in [0.29, 0.717) is 6.54 Å². The average Bonchev–Trinajstić information content (AvgIpc) is 3.22. The van der Waals surface area contributed by atoms with Gasteiger partial charge in [-0.2, -0.15) is 0 Å². The summed E-state index contributed by atoms with van der Waals surface area (Å²) in [4.78, 5) is 16.8. The van der Waals surface area contributed by atoms with Gasteiger partial charge >= 0.3 is 0 Å². The summed E-state index contributed by atoms with van der Waals surface area (Å²) < 4.78 is 6.49. The number of aliphatic imine (C=N–C) groups is 1. The molecule has 1 aliphatic heterocycles. The molecule has 2 aromatic carbocycles. The highest BCUT2D eigenvalue weighted by molar-refractivity contribution is 5.93. The van der Waals surface area contributed by atoms with Crippen LogP contribution in [0, 0.1) is 5.92 Å². The molecule has 1 amide bonds. The van der Waals surface area contributed by atoms with Crippen molar-refractivity contribution in [3.8, 4) is 5.75 Å². The second-order valence-electron chi connectivity index (χ2n) is 9.67. The van der Waals surface area contributed by atoms with Gasteiger partial charge in [0.15, 0.2) is 5.96 Å². The number of para-hydroxylation sites is 1. The Labute approximate surface area is 196 Å². The summed E-state index contributed by atoms with van der Waals surface area (Å²) >= 11 is 0. The Kier molecular flexibility index (Phi) is 6.25. The number of carbonyl (C=O) groups is 1. The standard InChI is InChI=1S/C27H34N4O2/c1-28-26(29-18-19-8-6-11-21(16-19)30-25(32)20-9-7-10-20)31-23-17-27(14-4-5-15-27)33-24-13-3-2-12-22(23)24/h2-3,6,8,11-13,16,20,23H,4-5,7,9-10,14-15,17-18H2,1H3,(H,30,32)(H2,28,29,31). The van der Waals surface area contributed by atoms with Crippen molar-refractivity contribution in [1.82, 2.24) is 10.6 Å². The molecule has 6 heteroatoms. The molecule has 5 rings (SSSR count). The highest BCUT2D eigenvalue weighted by atomic mass is 16.5. The topological polar surface area (TPSA) is 74.8 Å². The molecule has 33 heavy (non-hydrogen) atoms. The minimum absolute atomic E-state index is 0.0577. The molecule has 3 N–H and O–H groups in total. The van der Waals surface area contributed by atoms with E-state index in [9.17, 15) is 4.79 Å². The maximum Gasteiger partial charge on any atom is 0.227 e. The summed E-state index contributed by atoms with van der Waals surface area (Å²) in [6, 6.07) is 16.6. The van der Waals surface area contributed by atoms with Gasteiger partial charge in [-0.1, -0.05) is 36.8 Å². The van der Waals surface area contributed by atoms with Gasteiger partial charge in [0.1, 0.15) is 11.4 Å². The van der Waals surface area contributed by atoms with Crippen LogP contribution in [-0.4, -0.2) is 24.5 Å².